The molecule has 5 N–H and O–H groups in total. The normalized spacial score (nSPS) is 10.6. The molecule has 0 unspecified atom stereocenters. The average molecular weight is 258 g/mol. The van der Waals surface area contributed by atoms with Crippen LogP contribution in [0, 0.1) is 0 Å². The first-order chi connectivity index (χ1) is 9.13. The molecule has 0 heterocycles. The molecule has 0 fully saturated rings. The second kappa shape index (κ2) is 5.63. The number of rotatable bonds is 4. The van der Waals surface area contributed by atoms with Crippen molar-refractivity contribution in [2.45, 2.75) is 6.42 Å². The number of aromatic hydroxyl groups is 1. The predicted molar refractivity (Wildman–Crippen MR) is 77.9 cm³/mol. The molecule has 0 aliphatic rings. The Labute approximate surface area is 112 Å². The van der Waals surface area contributed by atoms with E-state index in [-0.39, 0.29) is 5.75 Å². The van der Waals surface area contributed by atoms with Crippen molar-refractivity contribution in [3.63, 3.8) is 0 Å². The van der Waals surface area contributed by atoms with Gasteiger partial charge in [0.05, 0.1) is 6.61 Å². The van der Waals surface area contributed by atoms with Crippen LogP contribution in [0.1, 0.15) is 5.56 Å². The molecule has 0 radical (unpaired) electrons. The van der Waals surface area contributed by atoms with Crippen LogP contribution in [-0.4, -0.2) is 18.8 Å². The lowest BCUT2D eigenvalue weighted by Gasteiger charge is -2.14. The van der Waals surface area contributed by atoms with Crippen LogP contribution >= 0.6 is 0 Å². The van der Waals surface area contributed by atoms with Crippen molar-refractivity contribution in [3.05, 3.63) is 42.0 Å². The molecular formula is C15H18N2O2. The molecule has 0 saturated carbocycles. The molecule has 4 heteroatoms. The monoisotopic (exact) mass is 258 g/mol. The zero-order valence-corrected chi connectivity index (χ0v) is 10.9. The lowest BCUT2D eigenvalue weighted by Crippen LogP contribution is -2.03. The van der Waals surface area contributed by atoms with E-state index in [1.54, 1.807) is 25.3 Å². The molecule has 0 aliphatic carbocycles. The average Bonchev–Trinajstić information content (AvgIpc) is 2.37. The Hall–Kier alpha value is -2.20. The van der Waals surface area contributed by atoms with Crippen molar-refractivity contribution < 1.29 is 9.84 Å². The topological polar surface area (TPSA) is 81.5 Å². The highest BCUT2D eigenvalue weighted by Crippen LogP contribution is 2.35. The van der Waals surface area contributed by atoms with Crippen LogP contribution in [0.4, 0.5) is 11.4 Å². The van der Waals surface area contributed by atoms with E-state index in [0.717, 1.165) is 16.7 Å². The highest BCUT2D eigenvalue weighted by atomic mass is 16.5. The van der Waals surface area contributed by atoms with Gasteiger partial charge >= 0.3 is 0 Å². The van der Waals surface area contributed by atoms with Crippen LogP contribution in [0.25, 0.3) is 11.1 Å². The smallest absolute Gasteiger partial charge is 0.123 e. The number of phenolic OH excluding ortho intramolecular Hbond substituents is 1. The van der Waals surface area contributed by atoms with E-state index in [0.29, 0.717) is 24.4 Å². The fourth-order valence-corrected chi connectivity index (χ4v) is 2.14. The Bertz CT molecular complexity index is 582. The number of hydrogen-bond donors (Lipinski definition) is 3. The van der Waals surface area contributed by atoms with Gasteiger partial charge < -0.3 is 21.3 Å². The minimum Gasteiger partial charge on any atom is -0.507 e. The minimum absolute atomic E-state index is 0.214. The number of para-hydroxylation sites is 1. The van der Waals surface area contributed by atoms with Crippen molar-refractivity contribution in [3.8, 4) is 16.9 Å². The molecule has 4 nitrogen and oxygen atoms in total. The summed E-state index contributed by atoms with van der Waals surface area (Å²) in [6, 6.07) is 10.7. The Morgan fingerprint density at radius 2 is 1.84 bits per heavy atom. The lowest BCUT2D eigenvalue weighted by atomic mass is 9.95. The van der Waals surface area contributed by atoms with Crippen molar-refractivity contribution >= 4 is 11.4 Å². The van der Waals surface area contributed by atoms with E-state index < -0.39 is 0 Å². The molecule has 0 spiro atoms. The second-order valence-corrected chi connectivity index (χ2v) is 4.40. The highest BCUT2D eigenvalue weighted by Gasteiger charge is 2.12. The standard InChI is InChI=1S/C15H18N2O2/c1-19-7-6-11-13(8-10(16)9-14(11)17)12-4-2-3-5-15(12)18/h2-5,8-9,18H,6-7,16-17H2,1H3. The van der Waals surface area contributed by atoms with Gasteiger partial charge in [0.1, 0.15) is 5.75 Å². The van der Waals surface area contributed by atoms with Gasteiger partial charge in [-0.2, -0.15) is 0 Å². The Morgan fingerprint density at radius 1 is 1.11 bits per heavy atom. The molecule has 0 bridgehead atoms. The SMILES string of the molecule is COCCc1c(N)cc(N)cc1-c1ccccc1O. The van der Waals surface area contributed by atoms with Crippen LogP contribution in [0.15, 0.2) is 36.4 Å². The molecule has 0 aromatic heterocycles. The summed E-state index contributed by atoms with van der Waals surface area (Å²) < 4.78 is 5.10. The van der Waals surface area contributed by atoms with E-state index in [9.17, 15) is 5.11 Å². The largest absolute Gasteiger partial charge is 0.507 e. The summed E-state index contributed by atoms with van der Waals surface area (Å²) in [5, 5.41) is 9.98. The summed E-state index contributed by atoms with van der Waals surface area (Å²) in [5.41, 5.74) is 15.6. The summed E-state index contributed by atoms with van der Waals surface area (Å²) in [5.74, 6) is 0.214. The number of benzene rings is 2. The van der Waals surface area contributed by atoms with Gasteiger partial charge in [0.2, 0.25) is 0 Å². The van der Waals surface area contributed by atoms with Crippen molar-refractivity contribution in [2.24, 2.45) is 0 Å². The van der Waals surface area contributed by atoms with Crippen molar-refractivity contribution in [2.75, 3.05) is 25.2 Å². The van der Waals surface area contributed by atoms with Crippen LogP contribution in [0.5, 0.6) is 5.75 Å². The quantitative estimate of drug-likeness (QED) is 0.735. The zero-order valence-electron chi connectivity index (χ0n) is 10.9. The summed E-state index contributed by atoms with van der Waals surface area (Å²) in [4.78, 5) is 0. The Balaban J connectivity index is 2.57. The number of methoxy groups -OCH3 is 1. The number of nitrogens with two attached hydrogens (primary N) is 2. The van der Waals surface area contributed by atoms with Gasteiger partial charge in [0.25, 0.3) is 0 Å². The summed E-state index contributed by atoms with van der Waals surface area (Å²) >= 11 is 0. The molecule has 0 atom stereocenters. The van der Waals surface area contributed by atoms with E-state index in [1.165, 1.54) is 0 Å². The van der Waals surface area contributed by atoms with Gasteiger partial charge in [-0.25, -0.2) is 0 Å². The van der Waals surface area contributed by atoms with Crippen LogP contribution in [-0.2, 0) is 11.2 Å². The molecule has 2 rings (SSSR count). The van der Waals surface area contributed by atoms with E-state index in [4.69, 9.17) is 16.2 Å². The van der Waals surface area contributed by atoms with Gasteiger partial charge in [-0.3, -0.25) is 0 Å². The zero-order chi connectivity index (χ0) is 13.8. The number of hydrogen-bond acceptors (Lipinski definition) is 4. The van der Waals surface area contributed by atoms with E-state index >= 15 is 0 Å². The third-order valence-electron chi connectivity index (χ3n) is 3.06. The molecule has 0 saturated heterocycles. The molecular weight excluding hydrogens is 240 g/mol. The first kappa shape index (κ1) is 13.2. The maximum atomic E-state index is 9.98. The van der Waals surface area contributed by atoms with Gasteiger partial charge in [0.15, 0.2) is 0 Å². The molecule has 19 heavy (non-hydrogen) atoms. The third kappa shape index (κ3) is 2.80. The van der Waals surface area contributed by atoms with Crippen LogP contribution < -0.4 is 11.5 Å². The third-order valence-corrected chi connectivity index (χ3v) is 3.06. The van der Waals surface area contributed by atoms with Gasteiger partial charge in [-0.15, -0.1) is 0 Å². The molecule has 2 aromatic rings. The van der Waals surface area contributed by atoms with Crippen molar-refractivity contribution in [1.29, 1.82) is 0 Å². The van der Waals surface area contributed by atoms with E-state index in [2.05, 4.69) is 0 Å². The summed E-state index contributed by atoms with van der Waals surface area (Å²) in [6.45, 7) is 0.564. The van der Waals surface area contributed by atoms with Crippen molar-refractivity contribution in [1.82, 2.24) is 0 Å². The Kier molecular flexibility index (Phi) is 3.92. The predicted octanol–water partition coefficient (Wildman–Crippen LogP) is 2.41. The molecule has 0 aliphatic heterocycles. The number of phenols is 1. The maximum Gasteiger partial charge on any atom is 0.123 e. The van der Waals surface area contributed by atoms with Gasteiger partial charge in [-0.05, 0) is 35.7 Å². The minimum atomic E-state index is 0.214. The summed E-state index contributed by atoms with van der Waals surface area (Å²) in [7, 11) is 1.65. The first-order valence-corrected chi connectivity index (χ1v) is 6.08. The van der Waals surface area contributed by atoms with Gasteiger partial charge in [-0.1, -0.05) is 18.2 Å². The lowest BCUT2D eigenvalue weighted by molar-refractivity contribution is 0.202. The molecule has 0 amide bonds. The number of anilines is 2. The van der Waals surface area contributed by atoms with Crippen LogP contribution in [0.3, 0.4) is 0 Å². The molecule has 2 aromatic carbocycles. The Morgan fingerprint density at radius 3 is 2.53 bits per heavy atom. The highest BCUT2D eigenvalue weighted by molar-refractivity contribution is 5.80. The fraction of sp³-hybridized carbons (Fsp3) is 0.200. The van der Waals surface area contributed by atoms with Gasteiger partial charge in [0, 0.05) is 24.0 Å². The maximum absolute atomic E-state index is 9.98. The van der Waals surface area contributed by atoms with Crippen LogP contribution in [0.2, 0.25) is 0 Å². The first-order valence-electron chi connectivity index (χ1n) is 6.08. The van der Waals surface area contributed by atoms with E-state index in [1.807, 2.05) is 18.2 Å². The second-order valence-electron chi connectivity index (χ2n) is 4.40. The fourth-order valence-electron chi connectivity index (χ4n) is 2.14. The number of nitrogen functional groups attached to an aromatic ring is 2. The number of ether oxygens (including phenoxy) is 1. The molecule has 100 valence electrons. The summed E-state index contributed by atoms with van der Waals surface area (Å²) in [6.07, 6.45) is 0.673.